The van der Waals surface area contributed by atoms with Gasteiger partial charge in [-0.2, -0.15) is 0 Å². The summed E-state index contributed by atoms with van der Waals surface area (Å²) in [5, 5.41) is 9.79. The number of hydrogen-bond acceptors (Lipinski definition) is 3. The molecule has 0 unspecified atom stereocenters. The van der Waals surface area contributed by atoms with E-state index in [9.17, 15) is 5.11 Å². The lowest BCUT2D eigenvalue weighted by atomic mass is 10.0. The summed E-state index contributed by atoms with van der Waals surface area (Å²) >= 11 is 3.88. The quantitative estimate of drug-likeness (QED) is 0.801. The van der Waals surface area contributed by atoms with Crippen LogP contribution < -0.4 is 0 Å². The Kier molecular flexibility index (Phi) is 6.06. The highest BCUT2D eigenvalue weighted by atomic mass is 32.2. The van der Waals surface area contributed by atoms with Crippen LogP contribution in [0.1, 0.15) is 33.1 Å². The predicted molar refractivity (Wildman–Crippen MR) is 67.7 cm³/mol. The molecule has 0 aromatic rings. The van der Waals surface area contributed by atoms with E-state index < -0.39 is 0 Å². The summed E-state index contributed by atoms with van der Waals surface area (Å²) in [4.78, 5) is 0. The van der Waals surface area contributed by atoms with Crippen molar-refractivity contribution in [1.82, 2.24) is 0 Å². The van der Waals surface area contributed by atoms with E-state index in [0.717, 1.165) is 12.8 Å². The van der Waals surface area contributed by atoms with E-state index in [0.29, 0.717) is 5.92 Å². The van der Waals surface area contributed by atoms with Gasteiger partial charge < -0.3 is 5.11 Å². The average molecular weight is 232 g/mol. The van der Waals surface area contributed by atoms with Crippen LogP contribution in [0.25, 0.3) is 0 Å². The molecule has 1 heterocycles. The maximum absolute atomic E-state index is 9.79. The topological polar surface area (TPSA) is 20.2 Å². The molecule has 1 aliphatic rings. The van der Waals surface area contributed by atoms with Crippen molar-refractivity contribution in [3.8, 4) is 0 Å². The van der Waals surface area contributed by atoms with E-state index in [-0.39, 0.29) is 6.10 Å². The molecule has 1 saturated heterocycles. The maximum atomic E-state index is 9.79. The lowest BCUT2D eigenvalue weighted by molar-refractivity contribution is 0.127. The smallest absolute Gasteiger partial charge is 0.0600 e. The molecule has 2 atom stereocenters. The fraction of sp³-hybridized carbons (Fsp3) is 0.818. The molecule has 0 bridgehead atoms. The molecule has 0 aromatic carbocycles. The third-order valence-corrected chi connectivity index (χ3v) is 4.90. The second-order valence-corrected chi connectivity index (χ2v) is 6.28. The first-order valence-electron chi connectivity index (χ1n) is 5.39. The molecule has 0 aliphatic carbocycles. The first kappa shape index (κ1) is 12.5. The molecular weight excluding hydrogens is 212 g/mol. The van der Waals surface area contributed by atoms with Crippen LogP contribution >= 0.6 is 23.5 Å². The van der Waals surface area contributed by atoms with Crippen LogP contribution in [0.2, 0.25) is 0 Å². The number of rotatable bonds is 4. The zero-order valence-electron chi connectivity index (χ0n) is 9.03. The molecule has 14 heavy (non-hydrogen) atoms. The van der Waals surface area contributed by atoms with E-state index in [1.54, 1.807) is 0 Å². The number of thioether (sulfide) groups is 2. The molecule has 0 saturated carbocycles. The van der Waals surface area contributed by atoms with Gasteiger partial charge in [-0.15, -0.1) is 23.5 Å². The Balaban J connectivity index is 2.39. The molecular formula is C11H20OS2. The molecule has 1 rings (SSSR count). The SMILES string of the molecule is CCC[C@@H](O)[C@@H](C)C=C1SCCCS1. The first-order chi connectivity index (χ1) is 6.74. The van der Waals surface area contributed by atoms with Crippen molar-refractivity contribution in [2.45, 2.75) is 39.2 Å². The third-order valence-electron chi connectivity index (χ3n) is 2.37. The zero-order chi connectivity index (χ0) is 10.4. The Hall–Kier alpha value is 0.400. The molecule has 1 fully saturated rings. The predicted octanol–water partition coefficient (Wildman–Crippen LogP) is 3.50. The Morgan fingerprint density at radius 3 is 2.64 bits per heavy atom. The summed E-state index contributed by atoms with van der Waals surface area (Å²) in [6, 6.07) is 0. The summed E-state index contributed by atoms with van der Waals surface area (Å²) < 4.78 is 1.42. The van der Waals surface area contributed by atoms with Crippen molar-refractivity contribution in [3.63, 3.8) is 0 Å². The molecule has 1 nitrogen and oxygen atoms in total. The van der Waals surface area contributed by atoms with Gasteiger partial charge in [0.1, 0.15) is 0 Å². The van der Waals surface area contributed by atoms with E-state index >= 15 is 0 Å². The first-order valence-corrected chi connectivity index (χ1v) is 7.36. The molecule has 0 spiro atoms. The lowest BCUT2D eigenvalue weighted by Crippen LogP contribution is -2.15. The Labute approximate surface area is 95.7 Å². The highest BCUT2D eigenvalue weighted by Crippen LogP contribution is 2.35. The van der Waals surface area contributed by atoms with Gasteiger partial charge in [-0.3, -0.25) is 0 Å². The largest absolute Gasteiger partial charge is 0.393 e. The monoisotopic (exact) mass is 232 g/mol. The fourth-order valence-electron chi connectivity index (χ4n) is 1.43. The Morgan fingerprint density at radius 2 is 2.07 bits per heavy atom. The van der Waals surface area contributed by atoms with E-state index in [1.807, 2.05) is 23.5 Å². The van der Waals surface area contributed by atoms with Gasteiger partial charge in [-0.25, -0.2) is 0 Å². The third kappa shape index (κ3) is 4.28. The van der Waals surface area contributed by atoms with E-state index in [2.05, 4.69) is 19.9 Å². The van der Waals surface area contributed by atoms with Crippen LogP contribution in [0.4, 0.5) is 0 Å². The highest BCUT2D eigenvalue weighted by molar-refractivity contribution is 8.22. The van der Waals surface area contributed by atoms with Crippen LogP contribution in [-0.4, -0.2) is 22.7 Å². The number of aliphatic hydroxyl groups excluding tert-OH is 1. The van der Waals surface area contributed by atoms with Crippen LogP contribution in [0.15, 0.2) is 10.3 Å². The standard InChI is InChI=1S/C11H20OS2/c1-3-5-10(12)9(2)8-11-13-6-4-7-14-11/h8-10,12H,3-7H2,1-2H3/t9-,10+/m0/s1. The summed E-state index contributed by atoms with van der Waals surface area (Å²) in [6.07, 6.45) is 5.39. The van der Waals surface area contributed by atoms with Crippen molar-refractivity contribution in [2.24, 2.45) is 5.92 Å². The molecule has 1 N–H and O–H groups in total. The van der Waals surface area contributed by atoms with Crippen LogP contribution in [0.5, 0.6) is 0 Å². The van der Waals surface area contributed by atoms with Gasteiger partial charge in [0.05, 0.1) is 6.10 Å². The van der Waals surface area contributed by atoms with Crippen molar-refractivity contribution in [2.75, 3.05) is 11.5 Å². The minimum absolute atomic E-state index is 0.157. The normalized spacial score (nSPS) is 21.8. The van der Waals surface area contributed by atoms with Crippen molar-refractivity contribution < 1.29 is 5.11 Å². The van der Waals surface area contributed by atoms with Gasteiger partial charge >= 0.3 is 0 Å². The number of aliphatic hydroxyl groups is 1. The Morgan fingerprint density at radius 1 is 1.43 bits per heavy atom. The van der Waals surface area contributed by atoms with Gasteiger partial charge in [0, 0.05) is 10.2 Å². The van der Waals surface area contributed by atoms with Gasteiger partial charge in [0.15, 0.2) is 0 Å². The zero-order valence-corrected chi connectivity index (χ0v) is 10.7. The molecule has 1 aliphatic heterocycles. The molecule has 0 amide bonds. The second kappa shape index (κ2) is 6.81. The van der Waals surface area contributed by atoms with Gasteiger partial charge in [0.2, 0.25) is 0 Å². The lowest BCUT2D eigenvalue weighted by Gasteiger charge is -2.18. The van der Waals surface area contributed by atoms with Crippen LogP contribution in [0, 0.1) is 5.92 Å². The summed E-state index contributed by atoms with van der Waals surface area (Å²) in [5.74, 6) is 2.80. The Bertz CT molecular complexity index is 184. The molecule has 0 aromatic heterocycles. The maximum Gasteiger partial charge on any atom is 0.0600 e. The molecule has 3 heteroatoms. The fourth-order valence-corrected chi connectivity index (χ4v) is 4.04. The summed E-state index contributed by atoms with van der Waals surface area (Å²) in [5.41, 5.74) is 0. The average Bonchev–Trinajstić information content (AvgIpc) is 2.19. The van der Waals surface area contributed by atoms with Crippen LogP contribution in [-0.2, 0) is 0 Å². The minimum Gasteiger partial charge on any atom is -0.393 e. The van der Waals surface area contributed by atoms with Gasteiger partial charge in [0.25, 0.3) is 0 Å². The van der Waals surface area contributed by atoms with Crippen LogP contribution in [0.3, 0.4) is 0 Å². The van der Waals surface area contributed by atoms with Crippen molar-refractivity contribution in [1.29, 1.82) is 0 Å². The van der Waals surface area contributed by atoms with E-state index in [1.165, 1.54) is 22.2 Å². The molecule has 82 valence electrons. The summed E-state index contributed by atoms with van der Waals surface area (Å²) in [6.45, 7) is 4.23. The van der Waals surface area contributed by atoms with E-state index in [4.69, 9.17) is 0 Å². The summed E-state index contributed by atoms with van der Waals surface area (Å²) in [7, 11) is 0. The highest BCUT2D eigenvalue weighted by Gasteiger charge is 2.13. The second-order valence-electron chi connectivity index (χ2n) is 3.75. The van der Waals surface area contributed by atoms with Gasteiger partial charge in [-0.1, -0.05) is 26.3 Å². The minimum atomic E-state index is -0.157. The molecule has 0 radical (unpaired) electrons. The van der Waals surface area contributed by atoms with Gasteiger partial charge in [-0.05, 0) is 24.3 Å². The van der Waals surface area contributed by atoms with Crippen molar-refractivity contribution in [3.05, 3.63) is 10.3 Å². The van der Waals surface area contributed by atoms with Crippen molar-refractivity contribution >= 4 is 23.5 Å². The number of hydrogen-bond donors (Lipinski definition) is 1.